The van der Waals surface area contributed by atoms with Crippen molar-refractivity contribution in [2.75, 3.05) is 13.1 Å². The number of benzene rings is 1. The summed E-state index contributed by atoms with van der Waals surface area (Å²) < 4.78 is 5.93. The van der Waals surface area contributed by atoms with Crippen LogP contribution in [-0.4, -0.2) is 45.9 Å². The van der Waals surface area contributed by atoms with E-state index in [9.17, 15) is 10.1 Å². The van der Waals surface area contributed by atoms with E-state index in [0.717, 1.165) is 43.2 Å². The first-order valence-corrected chi connectivity index (χ1v) is 10.2. The van der Waals surface area contributed by atoms with E-state index in [4.69, 9.17) is 9.68 Å². The number of oxazole rings is 1. The van der Waals surface area contributed by atoms with Crippen LogP contribution in [0.25, 0.3) is 11.3 Å². The van der Waals surface area contributed by atoms with Gasteiger partial charge in [0.2, 0.25) is 0 Å². The molecule has 1 aromatic heterocycles. The smallest absolute Gasteiger partial charge is 0.310 e. The second-order valence-corrected chi connectivity index (χ2v) is 8.15. The van der Waals surface area contributed by atoms with E-state index in [-0.39, 0.29) is 23.9 Å². The van der Waals surface area contributed by atoms with Gasteiger partial charge in [-0.3, -0.25) is 4.79 Å². The maximum absolute atomic E-state index is 13.2. The molecule has 1 aliphatic heterocycles. The van der Waals surface area contributed by atoms with Crippen LogP contribution in [0.3, 0.4) is 0 Å². The second kappa shape index (κ2) is 6.93. The lowest BCUT2D eigenvalue weighted by molar-refractivity contribution is 0.0629. The average Bonchev–Trinajstić information content (AvgIpc) is 3.67. The number of likely N-dealkylation sites (tertiary alicyclic amines) is 1. The first kappa shape index (κ1) is 17.8. The molecule has 1 aromatic carbocycles. The van der Waals surface area contributed by atoms with Crippen molar-refractivity contribution in [2.45, 2.75) is 50.1 Å². The Bertz CT molecular complexity index is 1040. The first-order valence-electron chi connectivity index (χ1n) is 10.2. The summed E-state index contributed by atoms with van der Waals surface area (Å²) in [6.07, 6.45) is 8.79. The van der Waals surface area contributed by atoms with E-state index < -0.39 is 0 Å². The van der Waals surface area contributed by atoms with Gasteiger partial charge in [0.1, 0.15) is 0 Å². The zero-order valence-electron chi connectivity index (χ0n) is 16.0. The van der Waals surface area contributed by atoms with Gasteiger partial charge in [-0.25, -0.2) is 4.98 Å². The molecule has 0 N–H and O–H groups in total. The Morgan fingerprint density at radius 1 is 1.17 bits per heavy atom. The van der Waals surface area contributed by atoms with E-state index in [0.29, 0.717) is 30.3 Å². The van der Waals surface area contributed by atoms with Crippen molar-refractivity contribution in [3.05, 3.63) is 41.4 Å². The molecule has 2 heterocycles. The van der Waals surface area contributed by atoms with Crippen molar-refractivity contribution < 1.29 is 9.21 Å². The van der Waals surface area contributed by atoms with Crippen molar-refractivity contribution in [1.29, 1.82) is 10.5 Å². The summed E-state index contributed by atoms with van der Waals surface area (Å²) in [7, 11) is 0. The number of hydrogen-bond donors (Lipinski definition) is 0. The minimum Gasteiger partial charge on any atom is -0.432 e. The molecule has 2 aliphatic carbocycles. The third kappa shape index (κ3) is 3.34. The summed E-state index contributed by atoms with van der Waals surface area (Å²) in [5, 5.41) is 18.4. The molecule has 1 unspecified atom stereocenters. The molecular formula is C22H21N5O2. The molecule has 2 saturated carbocycles. The molecule has 0 radical (unpaired) electrons. The third-order valence-electron chi connectivity index (χ3n) is 6.03. The highest BCUT2D eigenvalue weighted by Gasteiger charge is 2.42. The Kier molecular flexibility index (Phi) is 4.24. The van der Waals surface area contributed by atoms with E-state index in [1.807, 2.05) is 23.1 Å². The molecule has 0 spiro atoms. The molecule has 3 aliphatic rings. The van der Waals surface area contributed by atoms with Gasteiger partial charge in [0.25, 0.3) is 5.89 Å². The molecule has 1 saturated heterocycles. The normalized spacial score (nSPS) is 20.9. The van der Waals surface area contributed by atoms with E-state index in [2.05, 4.69) is 17.2 Å². The highest BCUT2D eigenvalue weighted by atomic mass is 16.4. The number of carbonyl (C=O) groups is 1. The average molecular weight is 387 g/mol. The Hall–Kier alpha value is -3.32. The van der Waals surface area contributed by atoms with Crippen LogP contribution in [0, 0.1) is 22.8 Å². The van der Waals surface area contributed by atoms with E-state index in [1.54, 1.807) is 11.1 Å². The van der Waals surface area contributed by atoms with Crippen LogP contribution in [0.1, 0.15) is 59.8 Å². The predicted molar refractivity (Wildman–Crippen MR) is 103 cm³/mol. The standard InChI is InChI=1S/C22H21N5O2/c23-10-14-1-6-18(15-2-3-15)19(9-14)20-11-25-21(29-20)22(28)27(16-4-5-16)17-7-8-26(12-17)13-24/h1,6,9,11,15-17H,2-5,7-8,12H2. The van der Waals surface area contributed by atoms with E-state index >= 15 is 0 Å². The van der Waals surface area contributed by atoms with E-state index in [1.165, 1.54) is 0 Å². The molecular weight excluding hydrogens is 366 g/mol. The zero-order valence-corrected chi connectivity index (χ0v) is 16.0. The highest BCUT2D eigenvalue weighted by Crippen LogP contribution is 2.45. The molecule has 1 amide bonds. The van der Waals surface area contributed by atoms with Crippen LogP contribution in [0.15, 0.2) is 28.8 Å². The summed E-state index contributed by atoms with van der Waals surface area (Å²) in [5.41, 5.74) is 2.57. The second-order valence-electron chi connectivity index (χ2n) is 8.15. The van der Waals surface area contributed by atoms with Gasteiger partial charge in [-0.05, 0) is 55.7 Å². The first-order chi connectivity index (χ1) is 14.2. The maximum Gasteiger partial charge on any atom is 0.310 e. The van der Waals surface area contributed by atoms with Gasteiger partial charge in [-0.2, -0.15) is 10.5 Å². The third-order valence-corrected chi connectivity index (χ3v) is 6.03. The van der Waals surface area contributed by atoms with Gasteiger partial charge >= 0.3 is 5.91 Å². The molecule has 5 rings (SSSR count). The number of rotatable bonds is 5. The summed E-state index contributed by atoms with van der Waals surface area (Å²) in [6.45, 7) is 1.25. The Balaban J connectivity index is 1.43. The van der Waals surface area contributed by atoms with Gasteiger partial charge in [0.15, 0.2) is 12.0 Å². The quantitative estimate of drug-likeness (QED) is 0.731. The van der Waals surface area contributed by atoms with Crippen LogP contribution in [0.2, 0.25) is 0 Å². The minimum atomic E-state index is -0.201. The predicted octanol–water partition coefficient (Wildman–Crippen LogP) is 3.25. The molecule has 3 fully saturated rings. The largest absolute Gasteiger partial charge is 0.432 e. The monoisotopic (exact) mass is 387 g/mol. The zero-order chi connectivity index (χ0) is 20.0. The minimum absolute atomic E-state index is 0.0222. The molecule has 0 bridgehead atoms. The Labute approximate surface area is 169 Å². The Morgan fingerprint density at radius 3 is 2.66 bits per heavy atom. The topological polar surface area (TPSA) is 97.2 Å². The van der Waals surface area contributed by atoms with Crippen molar-refractivity contribution in [1.82, 2.24) is 14.8 Å². The van der Waals surface area contributed by atoms with Gasteiger partial charge in [0, 0.05) is 24.7 Å². The van der Waals surface area contributed by atoms with Crippen LogP contribution in [-0.2, 0) is 0 Å². The van der Waals surface area contributed by atoms with Crippen molar-refractivity contribution >= 4 is 5.91 Å². The number of hydrogen-bond acceptors (Lipinski definition) is 6. The molecule has 2 aromatic rings. The molecule has 7 nitrogen and oxygen atoms in total. The van der Waals surface area contributed by atoms with Gasteiger partial charge in [-0.1, -0.05) is 6.07 Å². The molecule has 7 heteroatoms. The van der Waals surface area contributed by atoms with Crippen LogP contribution in [0.5, 0.6) is 0 Å². The number of nitriles is 2. The van der Waals surface area contributed by atoms with Crippen molar-refractivity contribution in [3.8, 4) is 23.6 Å². The lowest BCUT2D eigenvalue weighted by atomic mass is 9.99. The van der Waals surface area contributed by atoms with Crippen LogP contribution < -0.4 is 0 Å². The summed E-state index contributed by atoms with van der Waals surface area (Å²) >= 11 is 0. The molecule has 146 valence electrons. The fourth-order valence-electron chi connectivity index (χ4n) is 4.24. The number of aromatic nitrogens is 1. The number of carbonyl (C=O) groups excluding carboxylic acids is 1. The number of nitrogens with zero attached hydrogens (tertiary/aromatic N) is 5. The van der Waals surface area contributed by atoms with Crippen molar-refractivity contribution in [3.63, 3.8) is 0 Å². The SMILES string of the molecule is N#Cc1ccc(C2CC2)c(-c2cnc(C(=O)N(C3CC3)C3CCN(C#N)C3)o2)c1. The fraction of sp³-hybridized carbons (Fsp3) is 0.455. The molecule has 1 atom stereocenters. The van der Waals surface area contributed by atoms with Crippen molar-refractivity contribution in [2.24, 2.45) is 0 Å². The fourth-order valence-corrected chi connectivity index (χ4v) is 4.24. The summed E-state index contributed by atoms with van der Waals surface area (Å²) in [6, 6.07) is 8.05. The number of amides is 1. The summed E-state index contributed by atoms with van der Waals surface area (Å²) in [5.74, 6) is 0.910. The summed E-state index contributed by atoms with van der Waals surface area (Å²) in [4.78, 5) is 21.1. The maximum atomic E-state index is 13.2. The highest BCUT2D eigenvalue weighted by molar-refractivity contribution is 5.91. The van der Waals surface area contributed by atoms with Gasteiger partial charge in [-0.15, -0.1) is 0 Å². The Morgan fingerprint density at radius 2 is 2.00 bits per heavy atom. The molecule has 29 heavy (non-hydrogen) atoms. The van der Waals surface area contributed by atoms with Gasteiger partial charge < -0.3 is 14.2 Å². The lowest BCUT2D eigenvalue weighted by Crippen LogP contribution is -2.43. The van der Waals surface area contributed by atoms with Crippen LogP contribution in [0.4, 0.5) is 0 Å². The lowest BCUT2D eigenvalue weighted by Gasteiger charge is -2.27. The van der Waals surface area contributed by atoms with Crippen LogP contribution >= 0.6 is 0 Å². The van der Waals surface area contributed by atoms with Gasteiger partial charge in [0.05, 0.1) is 23.9 Å².